The lowest BCUT2D eigenvalue weighted by molar-refractivity contribution is -0.133. The molecule has 94 valence electrons. The zero-order valence-corrected chi connectivity index (χ0v) is 10.8. The summed E-state index contributed by atoms with van der Waals surface area (Å²) >= 11 is 1.31. The van der Waals surface area contributed by atoms with Gasteiger partial charge in [-0.2, -0.15) is 0 Å². The summed E-state index contributed by atoms with van der Waals surface area (Å²) in [5.74, 6) is -0.0543. The summed E-state index contributed by atoms with van der Waals surface area (Å²) in [4.78, 5) is 14.8. The minimum Gasteiger partial charge on any atom is -0.481 e. The monoisotopic (exact) mass is 254 g/mol. The average Bonchev–Trinajstić information content (AvgIpc) is 2.75. The molecule has 4 nitrogen and oxygen atoms in total. The van der Waals surface area contributed by atoms with Crippen LogP contribution in [-0.2, 0) is 4.79 Å². The Bertz CT molecular complexity index is 392. The molecule has 2 rings (SSSR count). The summed E-state index contributed by atoms with van der Waals surface area (Å²) in [7, 11) is 0. The molecule has 0 saturated heterocycles. The minimum absolute atomic E-state index is 0.0815. The zero-order valence-electron chi connectivity index (χ0n) is 10.0. The van der Waals surface area contributed by atoms with E-state index in [1.807, 2.05) is 6.20 Å². The Morgan fingerprint density at radius 2 is 2.35 bits per heavy atom. The number of aromatic nitrogens is 2. The van der Waals surface area contributed by atoms with Crippen molar-refractivity contribution in [2.45, 2.75) is 43.8 Å². The van der Waals surface area contributed by atoms with Crippen molar-refractivity contribution in [3.8, 4) is 0 Å². The van der Waals surface area contributed by atoms with Crippen LogP contribution in [0.25, 0.3) is 0 Å². The highest BCUT2D eigenvalue weighted by Gasteiger charge is 2.24. The van der Waals surface area contributed by atoms with Gasteiger partial charge in [0, 0.05) is 18.4 Å². The Morgan fingerprint density at radius 1 is 1.59 bits per heavy atom. The lowest BCUT2D eigenvalue weighted by Crippen LogP contribution is -2.21. The molecule has 0 radical (unpaired) electrons. The molecule has 1 saturated carbocycles. The smallest absolute Gasteiger partial charge is 0.313 e. The van der Waals surface area contributed by atoms with E-state index in [0.29, 0.717) is 12.0 Å². The lowest BCUT2D eigenvalue weighted by atomic mass is 9.86. The normalized spacial score (nSPS) is 24.8. The van der Waals surface area contributed by atoms with Gasteiger partial charge in [0.1, 0.15) is 0 Å². The first-order valence-electron chi connectivity index (χ1n) is 6.06. The second kappa shape index (κ2) is 5.58. The Kier molecular flexibility index (Phi) is 4.10. The van der Waals surface area contributed by atoms with Gasteiger partial charge in [-0.3, -0.25) is 4.79 Å². The quantitative estimate of drug-likeness (QED) is 0.839. The van der Waals surface area contributed by atoms with E-state index in [-0.39, 0.29) is 5.75 Å². The first-order chi connectivity index (χ1) is 8.18. The number of carboxylic acid groups (broad SMARTS) is 1. The van der Waals surface area contributed by atoms with Crippen molar-refractivity contribution in [3.05, 3.63) is 12.4 Å². The zero-order chi connectivity index (χ0) is 12.3. The van der Waals surface area contributed by atoms with Crippen molar-refractivity contribution in [1.29, 1.82) is 0 Å². The highest BCUT2D eigenvalue weighted by Crippen LogP contribution is 2.35. The Morgan fingerprint density at radius 3 is 3.06 bits per heavy atom. The van der Waals surface area contributed by atoms with Crippen LogP contribution in [0.15, 0.2) is 17.6 Å². The molecule has 2 unspecified atom stereocenters. The first kappa shape index (κ1) is 12.5. The van der Waals surface area contributed by atoms with Gasteiger partial charge in [-0.1, -0.05) is 31.5 Å². The van der Waals surface area contributed by atoms with Gasteiger partial charge in [0.15, 0.2) is 5.16 Å². The predicted octanol–water partition coefficient (Wildman–Crippen LogP) is 2.81. The molecule has 0 bridgehead atoms. The predicted molar refractivity (Wildman–Crippen MR) is 67.3 cm³/mol. The Labute approximate surface area is 105 Å². The first-order valence-corrected chi connectivity index (χ1v) is 7.04. The lowest BCUT2D eigenvalue weighted by Gasteiger charge is -2.30. The van der Waals surface area contributed by atoms with Crippen molar-refractivity contribution in [3.63, 3.8) is 0 Å². The van der Waals surface area contributed by atoms with E-state index in [1.54, 1.807) is 6.20 Å². The molecule has 17 heavy (non-hydrogen) atoms. The van der Waals surface area contributed by atoms with Crippen LogP contribution in [-0.4, -0.2) is 26.4 Å². The fourth-order valence-corrected chi connectivity index (χ4v) is 3.23. The molecular weight excluding hydrogens is 236 g/mol. The highest BCUT2D eigenvalue weighted by molar-refractivity contribution is 7.99. The van der Waals surface area contributed by atoms with Crippen LogP contribution in [0.1, 0.15) is 38.6 Å². The number of thioether (sulfide) groups is 1. The van der Waals surface area contributed by atoms with Gasteiger partial charge in [0.05, 0.1) is 5.75 Å². The Hall–Kier alpha value is -0.970. The summed E-state index contributed by atoms with van der Waals surface area (Å²) in [6.45, 7) is 2.27. The van der Waals surface area contributed by atoms with E-state index >= 15 is 0 Å². The highest BCUT2D eigenvalue weighted by atomic mass is 32.2. The molecule has 1 aliphatic rings. The molecule has 1 heterocycles. The summed E-state index contributed by atoms with van der Waals surface area (Å²) in [6.07, 6.45) is 8.76. The van der Waals surface area contributed by atoms with Crippen LogP contribution in [0, 0.1) is 5.92 Å². The molecule has 1 aromatic heterocycles. The van der Waals surface area contributed by atoms with E-state index in [0.717, 1.165) is 5.16 Å². The van der Waals surface area contributed by atoms with E-state index in [1.165, 1.54) is 37.4 Å². The molecular formula is C12H18N2O2S. The minimum atomic E-state index is -0.791. The molecule has 1 aromatic rings. The standard InChI is InChI=1S/C12H18N2O2S/c1-9-4-2-3-5-10(9)14-7-6-13-12(14)17-8-11(15)16/h6-7,9-10H,2-5,8H2,1H3,(H,15,16). The number of rotatable bonds is 4. The van der Waals surface area contributed by atoms with Gasteiger partial charge < -0.3 is 9.67 Å². The average molecular weight is 254 g/mol. The number of imidazole rings is 1. The van der Waals surface area contributed by atoms with Gasteiger partial charge in [-0.25, -0.2) is 4.98 Å². The van der Waals surface area contributed by atoms with Crippen molar-refractivity contribution in [1.82, 2.24) is 9.55 Å². The second-order valence-electron chi connectivity index (χ2n) is 4.63. The van der Waals surface area contributed by atoms with Crippen LogP contribution in [0.5, 0.6) is 0 Å². The van der Waals surface area contributed by atoms with Crippen molar-refractivity contribution in [2.75, 3.05) is 5.75 Å². The van der Waals surface area contributed by atoms with Crippen LogP contribution in [0.2, 0.25) is 0 Å². The number of hydrogen-bond acceptors (Lipinski definition) is 3. The van der Waals surface area contributed by atoms with Crippen molar-refractivity contribution < 1.29 is 9.90 Å². The van der Waals surface area contributed by atoms with Crippen molar-refractivity contribution >= 4 is 17.7 Å². The molecule has 0 amide bonds. The number of carbonyl (C=O) groups is 1. The number of aliphatic carboxylic acids is 1. The molecule has 1 N–H and O–H groups in total. The molecule has 2 atom stereocenters. The van der Waals surface area contributed by atoms with Crippen LogP contribution in [0.4, 0.5) is 0 Å². The van der Waals surface area contributed by atoms with Gasteiger partial charge >= 0.3 is 5.97 Å². The van der Waals surface area contributed by atoms with Crippen LogP contribution >= 0.6 is 11.8 Å². The third-order valence-electron chi connectivity index (χ3n) is 3.38. The maximum atomic E-state index is 10.6. The number of nitrogens with zero attached hydrogens (tertiary/aromatic N) is 2. The molecule has 0 aliphatic heterocycles. The summed E-state index contributed by atoms with van der Waals surface area (Å²) in [5, 5.41) is 9.55. The summed E-state index contributed by atoms with van der Waals surface area (Å²) in [5.41, 5.74) is 0. The van der Waals surface area contributed by atoms with Crippen LogP contribution in [0.3, 0.4) is 0 Å². The van der Waals surface area contributed by atoms with Gasteiger partial charge in [-0.05, 0) is 18.8 Å². The molecule has 0 spiro atoms. The van der Waals surface area contributed by atoms with Gasteiger partial charge in [0.2, 0.25) is 0 Å². The van der Waals surface area contributed by atoms with Gasteiger partial charge in [0.25, 0.3) is 0 Å². The van der Waals surface area contributed by atoms with E-state index in [2.05, 4.69) is 16.5 Å². The molecule has 5 heteroatoms. The fraction of sp³-hybridized carbons (Fsp3) is 0.667. The SMILES string of the molecule is CC1CCCCC1n1ccnc1SCC(=O)O. The molecule has 1 fully saturated rings. The maximum absolute atomic E-state index is 10.6. The summed E-state index contributed by atoms with van der Waals surface area (Å²) < 4.78 is 2.16. The topological polar surface area (TPSA) is 55.1 Å². The van der Waals surface area contributed by atoms with E-state index < -0.39 is 5.97 Å². The fourth-order valence-electron chi connectivity index (χ4n) is 2.50. The molecule has 0 aromatic carbocycles. The van der Waals surface area contributed by atoms with Crippen molar-refractivity contribution in [2.24, 2.45) is 5.92 Å². The third kappa shape index (κ3) is 3.03. The number of carboxylic acids is 1. The van der Waals surface area contributed by atoms with Crippen LogP contribution < -0.4 is 0 Å². The van der Waals surface area contributed by atoms with E-state index in [4.69, 9.17) is 5.11 Å². The van der Waals surface area contributed by atoms with E-state index in [9.17, 15) is 4.79 Å². The maximum Gasteiger partial charge on any atom is 0.313 e. The largest absolute Gasteiger partial charge is 0.481 e. The second-order valence-corrected chi connectivity index (χ2v) is 5.57. The Balaban J connectivity index is 2.09. The van der Waals surface area contributed by atoms with Gasteiger partial charge in [-0.15, -0.1) is 0 Å². The molecule has 1 aliphatic carbocycles. The summed E-state index contributed by atoms with van der Waals surface area (Å²) in [6, 6.07) is 0.488. The number of hydrogen-bond donors (Lipinski definition) is 1. The third-order valence-corrected chi connectivity index (χ3v) is 4.35.